The summed E-state index contributed by atoms with van der Waals surface area (Å²) in [6.07, 6.45) is -33.7. The number of phenols is 1. The van der Waals surface area contributed by atoms with Gasteiger partial charge in [-0.2, -0.15) is 0 Å². The molecule has 1 aromatic carbocycles. The maximum atomic E-state index is 13.6. The van der Waals surface area contributed by atoms with Gasteiger partial charge in [-0.25, -0.2) is 4.79 Å². The van der Waals surface area contributed by atoms with Crippen LogP contribution in [0.25, 0.3) is 0 Å². The van der Waals surface area contributed by atoms with Gasteiger partial charge in [-0.05, 0) is 61.0 Å². The summed E-state index contributed by atoms with van der Waals surface area (Å²) in [5.74, 6) is -6.71. The number of ether oxygens (including phenoxy) is 23. The van der Waals surface area contributed by atoms with Gasteiger partial charge in [-0.1, -0.05) is 37.0 Å². The van der Waals surface area contributed by atoms with Crippen molar-refractivity contribution < 1.29 is 154 Å². The molecule has 0 radical (unpaired) electrons. The average molecular weight is 1410 g/mol. The minimum atomic E-state index is -2.03. The van der Waals surface area contributed by atoms with Crippen LogP contribution in [0.4, 0.5) is 0 Å². The first-order chi connectivity index (χ1) is 44.9. The lowest BCUT2D eigenvalue weighted by Crippen LogP contribution is -2.72. The lowest BCUT2D eigenvalue weighted by molar-refractivity contribution is -0.439. The molecule has 540 valence electrons. The Morgan fingerprint density at radius 2 is 1.34 bits per heavy atom. The molecular weight excluding hydrogens is 1320 g/mol. The molecule has 0 aromatic heterocycles. The second-order valence-electron chi connectivity index (χ2n) is 26.4. The highest BCUT2D eigenvalue weighted by molar-refractivity contribution is 6.39. The predicted octanol–water partition coefficient (Wildman–Crippen LogP) is 0.844. The molecule has 0 bridgehead atoms. The third-order valence-corrected chi connectivity index (χ3v) is 20.4. The van der Waals surface area contributed by atoms with Gasteiger partial charge >= 0.3 is 17.9 Å². The highest BCUT2D eigenvalue weighted by Gasteiger charge is 2.73. The van der Waals surface area contributed by atoms with Crippen molar-refractivity contribution in [1.82, 2.24) is 0 Å². The number of carbonyl (C=O) groups excluding carboxylic acids is 2. The zero-order valence-electron chi connectivity index (χ0n) is 55.1. The molecule has 32 atom stereocenters. The molecule has 95 heavy (non-hydrogen) atoms. The minimum Gasteiger partial charge on any atom is -0.505 e. The van der Waals surface area contributed by atoms with Crippen molar-refractivity contribution in [2.24, 2.45) is 5.92 Å². The predicted molar refractivity (Wildman–Crippen MR) is 314 cm³/mol. The molecule has 1 aromatic rings. The topological polar surface area (TPSA) is 388 Å². The van der Waals surface area contributed by atoms with Crippen LogP contribution in [0.1, 0.15) is 97.5 Å². The van der Waals surface area contributed by atoms with Gasteiger partial charge in [0.15, 0.2) is 55.0 Å². The highest BCUT2D eigenvalue weighted by Crippen LogP contribution is 2.53. The zero-order valence-corrected chi connectivity index (χ0v) is 56.6. The van der Waals surface area contributed by atoms with Gasteiger partial charge in [0, 0.05) is 34.2 Å². The third kappa shape index (κ3) is 13.5. The van der Waals surface area contributed by atoms with Gasteiger partial charge in [-0.3, -0.25) is 4.79 Å². The Bertz CT molecular complexity index is 2840. The van der Waals surface area contributed by atoms with Crippen LogP contribution in [0.15, 0.2) is 0 Å². The molecule has 10 aliphatic rings. The summed E-state index contributed by atoms with van der Waals surface area (Å²) in [5.41, 5.74) is -3.14. The number of methoxy groups -OCH3 is 4. The number of rotatable bonds is 18. The molecule has 34 heteroatoms. The number of fused-ring (bicyclic) bond motifs is 4. The minimum absolute atomic E-state index is 0.00581. The number of carbonyl (C=O) groups is 2. The summed E-state index contributed by atoms with van der Waals surface area (Å²) in [7, 11) is 5.37. The number of phenolic OH excluding ortho intramolecular Hbond substituents is 1. The Hall–Kier alpha value is -2.70. The van der Waals surface area contributed by atoms with E-state index < -0.39 is 219 Å². The van der Waals surface area contributed by atoms with Crippen molar-refractivity contribution in [1.29, 1.82) is 0 Å². The molecule has 11 rings (SSSR count). The van der Waals surface area contributed by atoms with Crippen LogP contribution in [-0.2, 0) is 109 Å². The van der Waals surface area contributed by atoms with Crippen LogP contribution < -0.4 is 4.74 Å². The van der Waals surface area contributed by atoms with Crippen LogP contribution in [0.3, 0.4) is 0 Å². The Morgan fingerprint density at radius 3 is 1.99 bits per heavy atom. The smallest absolute Gasteiger partial charge is 0.342 e. The molecule has 10 fully saturated rings. The summed E-state index contributed by atoms with van der Waals surface area (Å²) < 4.78 is 142. The number of hydrogen-bond donors (Lipinski definition) is 7. The van der Waals surface area contributed by atoms with Crippen LogP contribution >= 0.6 is 23.2 Å². The first kappa shape index (κ1) is 73.5. The van der Waals surface area contributed by atoms with E-state index in [0.717, 1.165) is 0 Å². The van der Waals surface area contributed by atoms with E-state index in [1.165, 1.54) is 49.2 Å². The van der Waals surface area contributed by atoms with E-state index in [4.69, 9.17) is 132 Å². The molecule has 0 unspecified atom stereocenters. The van der Waals surface area contributed by atoms with E-state index in [9.17, 15) is 45.3 Å². The number of aliphatic hydroxyl groups is 6. The van der Waals surface area contributed by atoms with Crippen molar-refractivity contribution in [3.05, 3.63) is 21.2 Å². The second kappa shape index (κ2) is 28.6. The SMILES string of the molecule is COC[C@@H]1O[C@H](O[C@H]2OC[C@H]3O[C@@]4(O[C@H]3[C@@H]2OC(=O)C(C)C)O[C@@H](C)[C@@](O)([C@H](C)O)[C@@H]2OCO[C@@H]24)[C@@H](OC)[C@H](O)[C@@H]1O[C@H]1O[C@H](C)[C@@H](OC)[C@@H](O[C@@H]2C[C@@]3(C)O[C@@]4(C[C@H](O)[C@H](O[C@H]5C[C@@H](O)[C@H](OC(=O)c6c(C)c(Cl)c(O)c(Cl)c6OC)[C@@H](C)O5)[C@H](C)O4)O[C@@H]3[C@H](C)O2)[C@H]1O. The Kier molecular flexibility index (Phi) is 22.1. The van der Waals surface area contributed by atoms with Crippen molar-refractivity contribution in [3.63, 3.8) is 0 Å². The van der Waals surface area contributed by atoms with Gasteiger partial charge < -0.3 is 145 Å². The standard InChI is InChI=1S/C61H90Cl2O32/c1-21(2)53(70)87-49-45-32(92-61(93-45)52-51(78-20-79-52)60(72,27(8)64)28(9)91-61)19-77-56(49)89-57-48(76-14)39(68)44(31(83-57)18-73-11)88-55-40(69)47(43(74-12)24(5)82-55)85-34-17-58(10)50(26(7)81-34)94-59(95-58)16-30(66)42(25(6)90-59)84-33-15-29(65)41(23(4)80-33)86-54(71)35-22(3)36(62)38(67)37(63)46(35)75-13/h21,23-34,39-45,47-52,55-57,64-69,72H,15-20H2,1-14H3/t23-,24-,25+,26+,27+,28+,29-,30+,31+,32-,33+,34-,39-,40-,41-,42-,43-,44-,45-,47+,48+,49+,50-,51-,52+,55-,56-,57-,58-,59-,60+,61+/m1/s1. The van der Waals surface area contributed by atoms with E-state index in [-0.39, 0.29) is 66.2 Å². The Morgan fingerprint density at radius 1 is 0.653 bits per heavy atom. The van der Waals surface area contributed by atoms with E-state index in [0.29, 0.717) is 0 Å². The first-order valence-corrected chi connectivity index (χ1v) is 32.6. The van der Waals surface area contributed by atoms with Crippen molar-refractivity contribution in [2.45, 2.75) is 283 Å². The fourth-order valence-corrected chi connectivity index (χ4v) is 15.2. The third-order valence-electron chi connectivity index (χ3n) is 19.5. The molecule has 7 N–H and O–H groups in total. The highest BCUT2D eigenvalue weighted by atomic mass is 35.5. The quantitative estimate of drug-likeness (QED) is 0.100. The van der Waals surface area contributed by atoms with E-state index in [2.05, 4.69) is 0 Å². The van der Waals surface area contributed by atoms with Crippen molar-refractivity contribution in [2.75, 3.05) is 48.4 Å². The number of hydrogen-bond acceptors (Lipinski definition) is 32. The fourth-order valence-electron chi connectivity index (χ4n) is 14.7. The van der Waals surface area contributed by atoms with Crippen molar-refractivity contribution in [3.8, 4) is 11.5 Å². The van der Waals surface area contributed by atoms with E-state index in [1.54, 1.807) is 48.5 Å². The van der Waals surface area contributed by atoms with Gasteiger partial charge in [-0.15, -0.1) is 0 Å². The largest absolute Gasteiger partial charge is 0.505 e. The molecule has 10 saturated heterocycles. The van der Waals surface area contributed by atoms with Gasteiger partial charge in [0.25, 0.3) is 5.97 Å². The lowest BCUT2D eigenvalue weighted by Gasteiger charge is -2.51. The molecule has 0 aliphatic carbocycles. The fraction of sp³-hybridized carbons (Fsp3) is 0.869. The normalized spacial score (nSPS) is 47.7. The number of halogens is 2. The Balaban J connectivity index is 0.722. The first-order valence-electron chi connectivity index (χ1n) is 31.9. The van der Waals surface area contributed by atoms with Gasteiger partial charge in [0.05, 0.1) is 86.5 Å². The summed E-state index contributed by atoms with van der Waals surface area (Å²) in [6, 6.07) is 0. The molecule has 0 saturated carbocycles. The number of esters is 2. The van der Waals surface area contributed by atoms with Gasteiger partial charge in [0.2, 0.25) is 6.29 Å². The van der Waals surface area contributed by atoms with E-state index >= 15 is 0 Å². The molecular formula is C61H90Cl2O32. The lowest BCUT2D eigenvalue weighted by atomic mass is 9.80. The Labute approximate surface area is 558 Å². The van der Waals surface area contributed by atoms with Crippen LogP contribution in [-0.4, -0.2) is 291 Å². The number of benzene rings is 1. The molecule has 10 aliphatic heterocycles. The number of aromatic hydroxyl groups is 1. The average Bonchev–Trinajstić information content (AvgIpc) is 1.59. The summed E-state index contributed by atoms with van der Waals surface area (Å²) in [4.78, 5) is 27.0. The van der Waals surface area contributed by atoms with Crippen LogP contribution in [0.5, 0.6) is 11.5 Å². The second-order valence-corrected chi connectivity index (χ2v) is 27.2. The van der Waals surface area contributed by atoms with E-state index in [1.807, 2.05) is 0 Å². The summed E-state index contributed by atoms with van der Waals surface area (Å²) >= 11 is 12.5. The zero-order chi connectivity index (χ0) is 68.9. The van der Waals surface area contributed by atoms with Gasteiger partial charge in [0.1, 0.15) is 102 Å². The maximum absolute atomic E-state index is 13.6. The van der Waals surface area contributed by atoms with Crippen LogP contribution in [0.2, 0.25) is 10.0 Å². The molecule has 2 spiro atoms. The molecule has 32 nitrogen and oxygen atoms in total. The maximum Gasteiger partial charge on any atom is 0.342 e. The summed E-state index contributed by atoms with van der Waals surface area (Å²) in [6.45, 7) is 15.4. The monoisotopic (exact) mass is 1400 g/mol. The number of aliphatic hydroxyl groups excluding tert-OH is 5. The van der Waals surface area contributed by atoms with Crippen LogP contribution in [0, 0.1) is 12.8 Å². The molecule has 10 heterocycles. The van der Waals surface area contributed by atoms with Crippen molar-refractivity contribution >= 4 is 35.1 Å². The molecule has 0 amide bonds. The summed E-state index contributed by atoms with van der Waals surface area (Å²) in [5, 5.41) is 79.9.